The maximum absolute atomic E-state index is 12.8. The van der Waals surface area contributed by atoms with Crippen molar-refractivity contribution in [2.75, 3.05) is 52.3 Å². The van der Waals surface area contributed by atoms with Gasteiger partial charge in [0.25, 0.3) is 0 Å². The van der Waals surface area contributed by atoms with Crippen molar-refractivity contribution in [3.8, 4) is 11.5 Å². The predicted molar refractivity (Wildman–Crippen MR) is 134 cm³/mol. The quantitative estimate of drug-likeness (QED) is 0.408. The zero-order chi connectivity index (χ0) is 24.6. The molecule has 1 aliphatic heterocycles. The summed E-state index contributed by atoms with van der Waals surface area (Å²) in [5, 5.41) is 2.75. The Kier molecular flexibility index (Phi) is 9.09. The molecule has 8 nitrogen and oxygen atoms in total. The van der Waals surface area contributed by atoms with Gasteiger partial charge in [-0.05, 0) is 61.5 Å². The molecule has 0 bridgehead atoms. The SMILES string of the molecule is CCCCOc1ccc(/C=C/C(=O)Nc2ccc(S(=O)(=O)N3CCN(C)CC3)cc2)cc1OC. The molecule has 0 saturated carbocycles. The minimum Gasteiger partial charge on any atom is -0.493 e. The highest BCUT2D eigenvalue weighted by atomic mass is 32.2. The van der Waals surface area contributed by atoms with Crippen LogP contribution in [-0.4, -0.2) is 70.5 Å². The minimum atomic E-state index is -3.54. The second-order valence-corrected chi connectivity index (χ2v) is 10.1. The fourth-order valence-corrected chi connectivity index (χ4v) is 4.90. The number of amides is 1. The first kappa shape index (κ1) is 25.7. The van der Waals surface area contributed by atoms with Crippen LogP contribution in [0.25, 0.3) is 6.08 Å². The predicted octanol–water partition coefficient (Wildman–Crippen LogP) is 3.46. The van der Waals surface area contributed by atoms with Crippen molar-refractivity contribution in [1.29, 1.82) is 0 Å². The molecule has 1 amide bonds. The lowest BCUT2D eigenvalue weighted by molar-refractivity contribution is -0.111. The lowest BCUT2D eigenvalue weighted by atomic mass is 10.2. The van der Waals surface area contributed by atoms with E-state index in [9.17, 15) is 13.2 Å². The Morgan fingerprint density at radius 2 is 1.76 bits per heavy atom. The summed E-state index contributed by atoms with van der Waals surface area (Å²) in [7, 11) is 0.0189. The highest BCUT2D eigenvalue weighted by Crippen LogP contribution is 2.29. The van der Waals surface area contributed by atoms with Gasteiger partial charge >= 0.3 is 0 Å². The normalized spacial score (nSPS) is 15.4. The van der Waals surface area contributed by atoms with Crippen LogP contribution >= 0.6 is 0 Å². The molecule has 1 fully saturated rings. The molecule has 0 radical (unpaired) electrons. The average Bonchev–Trinajstić information content (AvgIpc) is 2.84. The number of anilines is 1. The maximum Gasteiger partial charge on any atom is 0.248 e. The Morgan fingerprint density at radius 1 is 1.06 bits per heavy atom. The zero-order valence-corrected chi connectivity index (χ0v) is 20.8. The van der Waals surface area contributed by atoms with Gasteiger partial charge in [0, 0.05) is 37.9 Å². The molecule has 0 atom stereocenters. The number of methoxy groups -OCH3 is 1. The van der Waals surface area contributed by atoms with Crippen molar-refractivity contribution in [2.24, 2.45) is 0 Å². The van der Waals surface area contributed by atoms with Crippen LogP contribution in [0.5, 0.6) is 11.5 Å². The molecule has 0 unspecified atom stereocenters. The molecule has 9 heteroatoms. The standard InChI is InChI=1S/C25H33N3O5S/c1-4-5-18-33-23-12-6-20(19-24(23)32-3)7-13-25(29)26-21-8-10-22(11-9-21)34(30,31)28-16-14-27(2)15-17-28/h6-13,19H,4-5,14-18H2,1-3H3,(H,26,29)/b13-7+. The number of sulfonamides is 1. The molecule has 0 aliphatic carbocycles. The summed E-state index contributed by atoms with van der Waals surface area (Å²) in [5.41, 5.74) is 1.31. The third-order valence-electron chi connectivity index (χ3n) is 5.59. The average molecular weight is 488 g/mol. The van der Waals surface area contributed by atoms with E-state index in [1.165, 1.54) is 22.5 Å². The van der Waals surface area contributed by atoms with Crippen LogP contribution < -0.4 is 14.8 Å². The van der Waals surface area contributed by atoms with Crippen molar-refractivity contribution in [1.82, 2.24) is 9.21 Å². The van der Waals surface area contributed by atoms with E-state index in [-0.39, 0.29) is 10.8 Å². The lowest BCUT2D eigenvalue weighted by Gasteiger charge is -2.31. The molecule has 184 valence electrons. The summed E-state index contributed by atoms with van der Waals surface area (Å²) in [6.45, 7) is 5.09. The van der Waals surface area contributed by atoms with Gasteiger partial charge in [0.1, 0.15) is 0 Å². The summed E-state index contributed by atoms with van der Waals surface area (Å²) < 4.78 is 38.3. The molecule has 1 saturated heterocycles. The van der Waals surface area contributed by atoms with Gasteiger partial charge in [-0.25, -0.2) is 8.42 Å². The van der Waals surface area contributed by atoms with Gasteiger partial charge in [0.15, 0.2) is 11.5 Å². The number of benzene rings is 2. The van der Waals surface area contributed by atoms with Gasteiger partial charge in [-0.1, -0.05) is 19.4 Å². The molecule has 2 aromatic carbocycles. The van der Waals surface area contributed by atoms with Gasteiger partial charge in [0.2, 0.25) is 15.9 Å². The van der Waals surface area contributed by atoms with Crippen LogP contribution in [0.15, 0.2) is 53.4 Å². The topological polar surface area (TPSA) is 88.2 Å². The molecule has 1 N–H and O–H groups in total. The molecule has 3 rings (SSSR count). The summed E-state index contributed by atoms with van der Waals surface area (Å²) in [4.78, 5) is 14.7. The molecule has 0 aromatic heterocycles. The number of unbranched alkanes of at least 4 members (excludes halogenated alkanes) is 1. The fraction of sp³-hybridized carbons (Fsp3) is 0.400. The third-order valence-corrected chi connectivity index (χ3v) is 7.51. The maximum atomic E-state index is 12.8. The Hall–Kier alpha value is -2.88. The number of hydrogen-bond acceptors (Lipinski definition) is 6. The lowest BCUT2D eigenvalue weighted by Crippen LogP contribution is -2.46. The van der Waals surface area contributed by atoms with Crippen LogP contribution in [-0.2, 0) is 14.8 Å². The second kappa shape index (κ2) is 12.0. The summed E-state index contributed by atoms with van der Waals surface area (Å²) in [6.07, 6.45) is 5.11. The Morgan fingerprint density at radius 3 is 2.41 bits per heavy atom. The van der Waals surface area contributed by atoms with Gasteiger partial charge < -0.3 is 19.7 Å². The minimum absolute atomic E-state index is 0.221. The van der Waals surface area contributed by atoms with Crippen LogP contribution in [0, 0.1) is 0 Å². The van der Waals surface area contributed by atoms with E-state index in [1.807, 2.05) is 25.2 Å². The van der Waals surface area contributed by atoms with Gasteiger partial charge in [0.05, 0.1) is 18.6 Å². The van der Waals surface area contributed by atoms with Gasteiger partial charge in [-0.2, -0.15) is 4.31 Å². The number of likely N-dealkylation sites (N-methyl/N-ethyl adjacent to an activating group) is 1. The van der Waals surface area contributed by atoms with Crippen molar-refractivity contribution in [2.45, 2.75) is 24.7 Å². The van der Waals surface area contributed by atoms with E-state index < -0.39 is 10.0 Å². The summed E-state index contributed by atoms with van der Waals surface area (Å²) >= 11 is 0. The van der Waals surface area contributed by atoms with E-state index >= 15 is 0 Å². The Balaban J connectivity index is 1.59. The number of nitrogens with one attached hydrogen (secondary N) is 1. The second-order valence-electron chi connectivity index (χ2n) is 8.17. The van der Waals surface area contributed by atoms with Crippen molar-refractivity contribution >= 4 is 27.7 Å². The summed E-state index contributed by atoms with van der Waals surface area (Å²) in [5.74, 6) is 0.955. The van der Waals surface area contributed by atoms with Crippen LogP contribution in [0.3, 0.4) is 0 Å². The van der Waals surface area contributed by atoms with Crippen molar-refractivity contribution < 1.29 is 22.7 Å². The number of nitrogens with zero attached hydrogens (tertiary/aromatic N) is 2. The summed E-state index contributed by atoms with van der Waals surface area (Å²) in [6, 6.07) is 11.7. The van der Waals surface area contributed by atoms with E-state index in [2.05, 4.69) is 17.1 Å². The van der Waals surface area contributed by atoms with Crippen molar-refractivity contribution in [3.63, 3.8) is 0 Å². The van der Waals surface area contributed by atoms with Crippen LogP contribution in [0.4, 0.5) is 5.69 Å². The number of carbonyl (C=O) groups is 1. The first-order valence-electron chi connectivity index (χ1n) is 11.4. The first-order chi connectivity index (χ1) is 16.3. The number of ether oxygens (including phenoxy) is 2. The van der Waals surface area contributed by atoms with E-state index in [4.69, 9.17) is 9.47 Å². The monoisotopic (exact) mass is 487 g/mol. The van der Waals surface area contributed by atoms with E-state index in [0.717, 1.165) is 18.4 Å². The molecule has 0 spiro atoms. The third kappa shape index (κ3) is 6.82. The van der Waals surface area contributed by atoms with E-state index in [0.29, 0.717) is 50.0 Å². The zero-order valence-electron chi connectivity index (χ0n) is 20.0. The largest absolute Gasteiger partial charge is 0.493 e. The Bertz CT molecular complexity index is 1090. The number of piperazine rings is 1. The highest BCUT2D eigenvalue weighted by molar-refractivity contribution is 7.89. The molecule has 1 heterocycles. The van der Waals surface area contributed by atoms with Gasteiger partial charge in [-0.15, -0.1) is 0 Å². The van der Waals surface area contributed by atoms with Crippen LogP contribution in [0.1, 0.15) is 25.3 Å². The fourth-order valence-electron chi connectivity index (χ4n) is 3.48. The number of rotatable bonds is 10. The molecule has 34 heavy (non-hydrogen) atoms. The van der Waals surface area contributed by atoms with E-state index in [1.54, 1.807) is 25.3 Å². The highest BCUT2D eigenvalue weighted by Gasteiger charge is 2.27. The molecular weight excluding hydrogens is 454 g/mol. The molecular formula is C25H33N3O5S. The Labute approximate surface area is 202 Å². The van der Waals surface area contributed by atoms with Gasteiger partial charge in [-0.3, -0.25) is 4.79 Å². The smallest absolute Gasteiger partial charge is 0.248 e. The molecule has 2 aromatic rings. The first-order valence-corrected chi connectivity index (χ1v) is 12.9. The number of carbonyl (C=O) groups excluding carboxylic acids is 1. The molecule has 1 aliphatic rings. The van der Waals surface area contributed by atoms with Crippen molar-refractivity contribution in [3.05, 3.63) is 54.1 Å². The number of hydrogen-bond donors (Lipinski definition) is 1. The van der Waals surface area contributed by atoms with Crippen LogP contribution in [0.2, 0.25) is 0 Å².